The van der Waals surface area contributed by atoms with E-state index in [0.717, 1.165) is 10.7 Å². The van der Waals surface area contributed by atoms with Crippen molar-refractivity contribution in [3.05, 3.63) is 45.9 Å². The summed E-state index contributed by atoms with van der Waals surface area (Å²) in [6.45, 7) is 8.62. The highest BCUT2D eigenvalue weighted by atomic mass is 32.1. The van der Waals surface area contributed by atoms with Gasteiger partial charge in [0.15, 0.2) is 0 Å². The van der Waals surface area contributed by atoms with Gasteiger partial charge in [0.1, 0.15) is 0 Å². The SMILES string of the molecule is Cc1nc(C(C)Nc2cccc(C(C)C)c2)cs1. The Labute approximate surface area is 113 Å². The first kappa shape index (κ1) is 13.1. The molecule has 2 nitrogen and oxygen atoms in total. The lowest BCUT2D eigenvalue weighted by atomic mass is 10.0. The highest BCUT2D eigenvalue weighted by Gasteiger charge is 2.09. The Kier molecular flexibility index (Phi) is 4.02. The third-order valence-corrected chi connectivity index (χ3v) is 3.81. The maximum atomic E-state index is 4.52. The molecule has 2 aromatic rings. The van der Waals surface area contributed by atoms with Gasteiger partial charge in [0.05, 0.1) is 16.7 Å². The molecule has 1 aromatic carbocycles. The smallest absolute Gasteiger partial charge is 0.0898 e. The molecule has 0 saturated carbocycles. The van der Waals surface area contributed by atoms with E-state index in [1.807, 2.05) is 6.92 Å². The van der Waals surface area contributed by atoms with E-state index in [1.54, 1.807) is 11.3 Å². The third kappa shape index (κ3) is 3.10. The number of aromatic nitrogens is 1. The number of benzene rings is 1. The average molecular weight is 260 g/mol. The van der Waals surface area contributed by atoms with E-state index in [9.17, 15) is 0 Å². The third-order valence-electron chi connectivity index (χ3n) is 3.02. The molecule has 18 heavy (non-hydrogen) atoms. The largest absolute Gasteiger partial charge is 0.377 e. The second-order valence-corrected chi connectivity index (χ2v) is 6.00. The number of rotatable bonds is 4. The molecular weight excluding hydrogens is 240 g/mol. The van der Waals surface area contributed by atoms with Crippen LogP contribution in [0, 0.1) is 6.92 Å². The average Bonchev–Trinajstić information content (AvgIpc) is 2.76. The van der Waals surface area contributed by atoms with Gasteiger partial charge >= 0.3 is 0 Å². The summed E-state index contributed by atoms with van der Waals surface area (Å²) in [6, 6.07) is 8.86. The molecule has 1 atom stereocenters. The Morgan fingerprint density at radius 3 is 2.61 bits per heavy atom. The van der Waals surface area contributed by atoms with Crippen molar-refractivity contribution in [3.8, 4) is 0 Å². The van der Waals surface area contributed by atoms with Crippen LogP contribution in [0.15, 0.2) is 29.6 Å². The summed E-state index contributed by atoms with van der Waals surface area (Å²) in [5.41, 5.74) is 3.65. The quantitative estimate of drug-likeness (QED) is 0.858. The zero-order valence-corrected chi connectivity index (χ0v) is 12.2. The number of anilines is 1. The summed E-state index contributed by atoms with van der Waals surface area (Å²) in [5.74, 6) is 0.559. The van der Waals surface area contributed by atoms with Crippen molar-refractivity contribution in [3.63, 3.8) is 0 Å². The number of nitrogens with one attached hydrogen (secondary N) is 1. The van der Waals surface area contributed by atoms with E-state index in [0.29, 0.717) is 5.92 Å². The normalized spacial score (nSPS) is 12.7. The standard InChI is InChI=1S/C15H20N2S/c1-10(2)13-6-5-7-14(8-13)16-11(3)15-9-18-12(4)17-15/h5-11,16H,1-4H3. The van der Waals surface area contributed by atoms with Crippen LogP contribution in [-0.2, 0) is 0 Å². The Balaban J connectivity index is 2.11. The van der Waals surface area contributed by atoms with Gasteiger partial charge in [-0.1, -0.05) is 26.0 Å². The molecule has 1 aromatic heterocycles. The van der Waals surface area contributed by atoms with Crippen molar-refractivity contribution < 1.29 is 0 Å². The lowest BCUT2D eigenvalue weighted by Crippen LogP contribution is -2.07. The molecule has 0 aliphatic rings. The molecule has 3 heteroatoms. The van der Waals surface area contributed by atoms with Gasteiger partial charge in [0.25, 0.3) is 0 Å². The van der Waals surface area contributed by atoms with Crippen LogP contribution in [0.2, 0.25) is 0 Å². The molecular formula is C15H20N2S. The minimum Gasteiger partial charge on any atom is -0.377 e. The summed E-state index contributed by atoms with van der Waals surface area (Å²) >= 11 is 1.70. The summed E-state index contributed by atoms with van der Waals surface area (Å²) in [6.07, 6.45) is 0. The van der Waals surface area contributed by atoms with E-state index < -0.39 is 0 Å². The Bertz CT molecular complexity index is 517. The fourth-order valence-electron chi connectivity index (χ4n) is 1.89. The fraction of sp³-hybridized carbons (Fsp3) is 0.400. The molecule has 96 valence electrons. The van der Waals surface area contributed by atoms with Crippen molar-refractivity contribution in [2.75, 3.05) is 5.32 Å². The van der Waals surface area contributed by atoms with Crippen LogP contribution in [-0.4, -0.2) is 4.98 Å². The molecule has 2 rings (SSSR count). The van der Waals surface area contributed by atoms with Gasteiger partial charge in [-0.05, 0) is 37.5 Å². The van der Waals surface area contributed by atoms with Crippen molar-refractivity contribution in [1.82, 2.24) is 4.98 Å². The van der Waals surface area contributed by atoms with Gasteiger partial charge in [-0.15, -0.1) is 11.3 Å². The first-order valence-electron chi connectivity index (χ1n) is 6.35. The first-order chi connectivity index (χ1) is 8.56. The van der Waals surface area contributed by atoms with E-state index in [4.69, 9.17) is 0 Å². The highest BCUT2D eigenvalue weighted by Crippen LogP contribution is 2.23. The van der Waals surface area contributed by atoms with Gasteiger partial charge in [-0.25, -0.2) is 4.98 Å². The topological polar surface area (TPSA) is 24.9 Å². The van der Waals surface area contributed by atoms with Crippen molar-refractivity contribution in [2.45, 2.75) is 39.7 Å². The molecule has 0 saturated heterocycles. The molecule has 0 bridgehead atoms. The molecule has 0 spiro atoms. The zero-order chi connectivity index (χ0) is 13.1. The Hall–Kier alpha value is -1.35. The first-order valence-corrected chi connectivity index (χ1v) is 7.22. The predicted molar refractivity (Wildman–Crippen MR) is 79.4 cm³/mol. The second-order valence-electron chi connectivity index (χ2n) is 4.94. The zero-order valence-electron chi connectivity index (χ0n) is 11.4. The Morgan fingerprint density at radius 1 is 1.22 bits per heavy atom. The van der Waals surface area contributed by atoms with Crippen LogP contribution in [0.1, 0.15) is 49.0 Å². The van der Waals surface area contributed by atoms with Crippen molar-refractivity contribution in [1.29, 1.82) is 0 Å². The summed E-state index contributed by atoms with van der Waals surface area (Å²) in [4.78, 5) is 4.52. The minimum atomic E-state index is 0.248. The molecule has 1 N–H and O–H groups in total. The van der Waals surface area contributed by atoms with Crippen LogP contribution in [0.4, 0.5) is 5.69 Å². The van der Waals surface area contributed by atoms with Gasteiger partial charge in [0.2, 0.25) is 0 Å². The predicted octanol–water partition coefficient (Wildman–Crippen LogP) is 4.75. The van der Waals surface area contributed by atoms with Crippen molar-refractivity contribution >= 4 is 17.0 Å². The molecule has 1 heterocycles. The van der Waals surface area contributed by atoms with Crippen LogP contribution < -0.4 is 5.32 Å². The molecule has 0 aliphatic heterocycles. The van der Waals surface area contributed by atoms with Crippen LogP contribution in [0.25, 0.3) is 0 Å². The second kappa shape index (κ2) is 5.53. The highest BCUT2D eigenvalue weighted by molar-refractivity contribution is 7.09. The van der Waals surface area contributed by atoms with Gasteiger partial charge in [-0.3, -0.25) is 0 Å². The number of hydrogen-bond donors (Lipinski definition) is 1. The monoisotopic (exact) mass is 260 g/mol. The lowest BCUT2D eigenvalue weighted by Gasteiger charge is -2.15. The number of hydrogen-bond acceptors (Lipinski definition) is 3. The van der Waals surface area contributed by atoms with Crippen LogP contribution in [0.5, 0.6) is 0 Å². The van der Waals surface area contributed by atoms with Crippen molar-refractivity contribution in [2.24, 2.45) is 0 Å². The molecule has 0 amide bonds. The summed E-state index contributed by atoms with van der Waals surface area (Å²) < 4.78 is 0. The molecule has 1 unspecified atom stereocenters. The number of thiazole rings is 1. The summed E-state index contributed by atoms with van der Waals surface area (Å²) in [5, 5.41) is 6.76. The van der Waals surface area contributed by atoms with Gasteiger partial charge < -0.3 is 5.32 Å². The fourth-order valence-corrected chi connectivity index (χ4v) is 2.60. The maximum absolute atomic E-state index is 4.52. The number of nitrogens with zero attached hydrogens (tertiary/aromatic N) is 1. The van der Waals surface area contributed by atoms with Crippen LogP contribution >= 0.6 is 11.3 Å². The number of aryl methyl sites for hydroxylation is 1. The van der Waals surface area contributed by atoms with E-state index in [1.165, 1.54) is 11.3 Å². The van der Waals surface area contributed by atoms with E-state index in [2.05, 4.69) is 60.7 Å². The van der Waals surface area contributed by atoms with E-state index in [-0.39, 0.29) is 6.04 Å². The molecule has 0 radical (unpaired) electrons. The van der Waals surface area contributed by atoms with Gasteiger partial charge in [-0.2, -0.15) is 0 Å². The minimum absolute atomic E-state index is 0.248. The van der Waals surface area contributed by atoms with Crippen LogP contribution in [0.3, 0.4) is 0 Å². The summed E-state index contributed by atoms with van der Waals surface area (Å²) in [7, 11) is 0. The molecule has 0 fully saturated rings. The lowest BCUT2D eigenvalue weighted by molar-refractivity contribution is 0.839. The Morgan fingerprint density at radius 2 is 2.00 bits per heavy atom. The van der Waals surface area contributed by atoms with Gasteiger partial charge in [0, 0.05) is 11.1 Å². The maximum Gasteiger partial charge on any atom is 0.0898 e. The molecule has 0 aliphatic carbocycles. The van der Waals surface area contributed by atoms with E-state index >= 15 is 0 Å².